The summed E-state index contributed by atoms with van der Waals surface area (Å²) in [4.78, 5) is 9.94. The Morgan fingerprint density at radius 2 is 2.24 bits per heavy atom. The van der Waals surface area contributed by atoms with Gasteiger partial charge < -0.3 is 5.73 Å². The number of aromatic nitrogens is 3. The van der Waals surface area contributed by atoms with Crippen molar-refractivity contribution in [3.05, 3.63) is 65.6 Å². The third kappa shape index (κ3) is 2.30. The number of thiazole rings is 1. The summed E-state index contributed by atoms with van der Waals surface area (Å²) in [5.41, 5.74) is 9.48. The normalized spacial score (nSPS) is 13.0. The molecule has 5 heteroatoms. The molecule has 0 aliphatic carbocycles. The van der Waals surface area contributed by atoms with E-state index in [1.807, 2.05) is 34.3 Å². The fourth-order valence-corrected chi connectivity index (χ4v) is 3.26. The first-order chi connectivity index (χ1) is 10.3. The molecule has 0 aliphatic heterocycles. The number of pyridine rings is 1. The van der Waals surface area contributed by atoms with Crippen molar-refractivity contribution in [2.75, 3.05) is 0 Å². The van der Waals surface area contributed by atoms with Crippen LogP contribution in [0.1, 0.15) is 17.3 Å². The highest BCUT2D eigenvalue weighted by Crippen LogP contribution is 2.21. The predicted molar refractivity (Wildman–Crippen MR) is 85.4 cm³/mol. The third-order valence-electron chi connectivity index (χ3n) is 3.63. The van der Waals surface area contributed by atoms with Crippen molar-refractivity contribution in [3.63, 3.8) is 0 Å². The molecule has 1 aromatic carbocycles. The van der Waals surface area contributed by atoms with E-state index in [0.29, 0.717) is 0 Å². The molecule has 0 spiro atoms. The highest BCUT2D eigenvalue weighted by atomic mass is 32.1. The maximum absolute atomic E-state index is 6.34. The van der Waals surface area contributed by atoms with Gasteiger partial charge in [-0.1, -0.05) is 12.1 Å². The molecule has 4 rings (SSSR count). The van der Waals surface area contributed by atoms with E-state index in [0.717, 1.165) is 33.5 Å². The lowest BCUT2D eigenvalue weighted by molar-refractivity contribution is 0.711. The van der Waals surface area contributed by atoms with E-state index in [1.165, 1.54) is 0 Å². The molecule has 0 saturated heterocycles. The number of benzene rings is 1. The van der Waals surface area contributed by atoms with Crippen LogP contribution < -0.4 is 5.73 Å². The molecule has 0 aliphatic rings. The molecule has 1 atom stereocenters. The van der Waals surface area contributed by atoms with E-state index < -0.39 is 0 Å². The van der Waals surface area contributed by atoms with Crippen molar-refractivity contribution in [3.8, 4) is 0 Å². The summed E-state index contributed by atoms with van der Waals surface area (Å²) in [6.07, 6.45) is 6.61. The average molecular weight is 294 g/mol. The van der Waals surface area contributed by atoms with Gasteiger partial charge in [-0.25, -0.2) is 4.98 Å². The Bertz CT molecular complexity index is 880. The van der Waals surface area contributed by atoms with Crippen LogP contribution in [0.15, 0.2) is 54.3 Å². The zero-order valence-corrected chi connectivity index (χ0v) is 12.1. The second-order valence-electron chi connectivity index (χ2n) is 5.09. The van der Waals surface area contributed by atoms with E-state index >= 15 is 0 Å². The monoisotopic (exact) mass is 294 g/mol. The number of imidazole rings is 1. The van der Waals surface area contributed by atoms with Crippen molar-refractivity contribution < 1.29 is 0 Å². The van der Waals surface area contributed by atoms with E-state index in [-0.39, 0.29) is 6.04 Å². The summed E-state index contributed by atoms with van der Waals surface area (Å²) in [6, 6.07) is 10.1. The summed E-state index contributed by atoms with van der Waals surface area (Å²) in [5.74, 6) is 0. The summed E-state index contributed by atoms with van der Waals surface area (Å²) < 4.78 is 2.04. The van der Waals surface area contributed by atoms with Gasteiger partial charge in [0.25, 0.3) is 0 Å². The van der Waals surface area contributed by atoms with Crippen LogP contribution in [-0.2, 0) is 6.42 Å². The van der Waals surface area contributed by atoms with E-state index in [2.05, 4.69) is 28.2 Å². The lowest BCUT2D eigenvalue weighted by Gasteiger charge is -2.11. The SMILES string of the molecule is NC(Cc1cn2ccsc2n1)c1ccc2ncccc2c1. The average Bonchev–Trinajstić information content (AvgIpc) is 3.08. The standard InChI is InChI=1S/C16H14N4S/c17-14(9-13-10-20-6-7-21-16(20)19-13)11-3-4-15-12(8-11)2-1-5-18-15/h1-8,10,14H,9,17H2. The van der Waals surface area contributed by atoms with Gasteiger partial charge in [0.15, 0.2) is 4.96 Å². The fourth-order valence-electron chi connectivity index (χ4n) is 2.54. The van der Waals surface area contributed by atoms with Crippen LogP contribution in [0, 0.1) is 0 Å². The highest BCUT2D eigenvalue weighted by Gasteiger charge is 2.11. The number of hydrogen-bond acceptors (Lipinski definition) is 4. The van der Waals surface area contributed by atoms with Gasteiger partial charge in [0.2, 0.25) is 0 Å². The minimum absolute atomic E-state index is 0.0563. The van der Waals surface area contributed by atoms with E-state index in [4.69, 9.17) is 5.73 Å². The van der Waals surface area contributed by atoms with Crippen LogP contribution in [0.4, 0.5) is 0 Å². The molecule has 21 heavy (non-hydrogen) atoms. The molecule has 104 valence electrons. The topological polar surface area (TPSA) is 56.2 Å². The number of fused-ring (bicyclic) bond motifs is 2. The van der Waals surface area contributed by atoms with Gasteiger partial charge in [0.1, 0.15) is 0 Å². The van der Waals surface area contributed by atoms with Crippen LogP contribution in [-0.4, -0.2) is 14.4 Å². The Morgan fingerprint density at radius 3 is 3.14 bits per heavy atom. The third-order valence-corrected chi connectivity index (χ3v) is 4.40. The molecule has 0 amide bonds. The Balaban J connectivity index is 1.63. The molecule has 2 N–H and O–H groups in total. The second-order valence-corrected chi connectivity index (χ2v) is 5.96. The molecule has 1 unspecified atom stereocenters. The van der Waals surface area contributed by atoms with Gasteiger partial charge >= 0.3 is 0 Å². The van der Waals surface area contributed by atoms with E-state index in [1.54, 1.807) is 17.5 Å². The van der Waals surface area contributed by atoms with Crippen molar-refractivity contribution in [2.24, 2.45) is 5.73 Å². The van der Waals surface area contributed by atoms with Gasteiger partial charge in [-0.15, -0.1) is 11.3 Å². The maximum atomic E-state index is 6.34. The first-order valence-electron chi connectivity index (χ1n) is 6.81. The van der Waals surface area contributed by atoms with Gasteiger partial charge in [-0.05, 0) is 23.8 Å². The molecular weight excluding hydrogens is 280 g/mol. The number of nitrogens with zero attached hydrogens (tertiary/aromatic N) is 3. The smallest absolute Gasteiger partial charge is 0.193 e. The highest BCUT2D eigenvalue weighted by molar-refractivity contribution is 7.15. The Kier molecular flexibility index (Phi) is 2.94. The molecule has 3 heterocycles. The van der Waals surface area contributed by atoms with Crippen LogP contribution in [0.2, 0.25) is 0 Å². The summed E-state index contributed by atoms with van der Waals surface area (Å²) in [7, 11) is 0. The quantitative estimate of drug-likeness (QED) is 0.631. The zero-order valence-electron chi connectivity index (χ0n) is 11.3. The summed E-state index contributed by atoms with van der Waals surface area (Å²) in [5, 5.41) is 3.15. The Labute approximate surface area is 125 Å². The lowest BCUT2D eigenvalue weighted by atomic mass is 10.0. The van der Waals surface area contributed by atoms with Gasteiger partial charge in [0, 0.05) is 41.8 Å². The van der Waals surface area contributed by atoms with Gasteiger partial charge in [-0.2, -0.15) is 0 Å². The van der Waals surface area contributed by atoms with Crippen LogP contribution >= 0.6 is 11.3 Å². The number of hydrogen-bond donors (Lipinski definition) is 1. The molecule has 0 saturated carbocycles. The van der Waals surface area contributed by atoms with Crippen LogP contribution in [0.3, 0.4) is 0 Å². The fraction of sp³-hybridized carbons (Fsp3) is 0.125. The van der Waals surface area contributed by atoms with Gasteiger partial charge in [0.05, 0.1) is 11.2 Å². The lowest BCUT2D eigenvalue weighted by Crippen LogP contribution is -2.13. The van der Waals surface area contributed by atoms with Crippen LogP contribution in [0.25, 0.3) is 15.9 Å². The molecule has 0 radical (unpaired) electrons. The molecule has 4 nitrogen and oxygen atoms in total. The van der Waals surface area contributed by atoms with Crippen molar-refractivity contribution in [1.29, 1.82) is 0 Å². The molecule has 0 fully saturated rings. The zero-order chi connectivity index (χ0) is 14.2. The first-order valence-corrected chi connectivity index (χ1v) is 7.69. The van der Waals surface area contributed by atoms with Crippen molar-refractivity contribution in [2.45, 2.75) is 12.5 Å². The second kappa shape index (κ2) is 4.95. The largest absolute Gasteiger partial charge is 0.324 e. The van der Waals surface area contributed by atoms with Crippen LogP contribution in [0.5, 0.6) is 0 Å². The number of rotatable bonds is 3. The van der Waals surface area contributed by atoms with Crippen molar-refractivity contribution >= 4 is 27.2 Å². The Hall–Kier alpha value is -2.24. The summed E-state index contributed by atoms with van der Waals surface area (Å²) >= 11 is 1.64. The summed E-state index contributed by atoms with van der Waals surface area (Å²) in [6.45, 7) is 0. The predicted octanol–water partition coefficient (Wildman–Crippen LogP) is 3.19. The first kappa shape index (κ1) is 12.5. The maximum Gasteiger partial charge on any atom is 0.193 e. The molecular formula is C16H14N4S. The molecule has 3 aromatic heterocycles. The minimum atomic E-state index is -0.0563. The molecule has 4 aromatic rings. The number of nitrogens with two attached hydrogens (primary N) is 1. The van der Waals surface area contributed by atoms with Crippen molar-refractivity contribution in [1.82, 2.24) is 14.4 Å². The minimum Gasteiger partial charge on any atom is -0.324 e. The Morgan fingerprint density at radius 1 is 1.29 bits per heavy atom. The van der Waals surface area contributed by atoms with Gasteiger partial charge in [-0.3, -0.25) is 9.38 Å². The van der Waals surface area contributed by atoms with E-state index in [9.17, 15) is 0 Å². The molecule has 0 bridgehead atoms.